The topological polar surface area (TPSA) is 79.3 Å². The van der Waals surface area contributed by atoms with Crippen LogP contribution < -0.4 is 5.32 Å². The van der Waals surface area contributed by atoms with Gasteiger partial charge in [-0.25, -0.2) is 4.98 Å². The molecule has 0 unspecified atom stereocenters. The lowest BCUT2D eigenvalue weighted by Gasteiger charge is -2.41. The molecule has 0 aliphatic heterocycles. The highest BCUT2D eigenvalue weighted by Gasteiger charge is 2.40. The van der Waals surface area contributed by atoms with Crippen molar-refractivity contribution in [1.29, 1.82) is 0 Å². The van der Waals surface area contributed by atoms with E-state index in [1.807, 2.05) is 24.4 Å². The number of rotatable bonds is 5. The first kappa shape index (κ1) is 15.7. The number of aromatic nitrogens is 1. The number of aliphatic carboxylic acids is 1. The summed E-state index contributed by atoms with van der Waals surface area (Å²) in [5.74, 6) is -1.10. The molecular formula is C17H18N2O3S. The van der Waals surface area contributed by atoms with Crippen molar-refractivity contribution in [2.24, 2.45) is 0 Å². The average molecular weight is 330 g/mol. The van der Waals surface area contributed by atoms with Gasteiger partial charge >= 0.3 is 5.97 Å². The molecule has 6 heteroatoms. The van der Waals surface area contributed by atoms with Crippen LogP contribution in [0.3, 0.4) is 0 Å². The number of carbonyl (C=O) groups excluding carboxylic acids is 1. The molecule has 1 amide bonds. The number of carboxylic acids is 1. The smallest absolute Gasteiger partial charge is 0.305 e. The molecule has 3 rings (SSSR count). The highest BCUT2D eigenvalue weighted by molar-refractivity contribution is 7.09. The number of amides is 1. The van der Waals surface area contributed by atoms with Gasteiger partial charge in [0.2, 0.25) is 0 Å². The lowest BCUT2D eigenvalue weighted by atomic mass is 9.74. The van der Waals surface area contributed by atoms with E-state index in [1.165, 1.54) is 0 Å². The molecule has 5 nitrogen and oxygen atoms in total. The normalized spacial score (nSPS) is 15.7. The summed E-state index contributed by atoms with van der Waals surface area (Å²) >= 11 is 1.57. The number of thiazole rings is 1. The standard InChI is InChI=1S/C17H18N2O3S/c1-11-18-14(10-23-11)12-4-2-5-13(8-12)16(22)19-17(6-3-7-17)9-15(20)21/h2,4-5,8,10H,3,6-7,9H2,1H3,(H,19,22)(H,20,21). The van der Waals surface area contributed by atoms with Gasteiger partial charge in [0, 0.05) is 16.5 Å². The number of nitrogens with one attached hydrogen (secondary N) is 1. The Morgan fingerprint density at radius 2 is 2.17 bits per heavy atom. The van der Waals surface area contributed by atoms with E-state index in [1.54, 1.807) is 23.5 Å². The molecule has 2 N–H and O–H groups in total. The number of carbonyl (C=O) groups is 2. The van der Waals surface area contributed by atoms with E-state index in [9.17, 15) is 9.59 Å². The van der Waals surface area contributed by atoms with E-state index >= 15 is 0 Å². The summed E-state index contributed by atoms with van der Waals surface area (Å²) in [5.41, 5.74) is 1.69. The monoisotopic (exact) mass is 330 g/mol. The van der Waals surface area contributed by atoms with Crippen LogP contribution in [0.2, 0.25) is 0 Å². The Labute approximate surface area is 138 Å². The van der Waals surface area contributed by atoms with Gasteiger partial charge < -0.3 is 10.4 Å². The predicted octanol–water partition coefficient (Wildman–Crippen LogP) is 3.25. The summed E-state index contributed by atoms with van der Waals surface area (Å²) in [4.78, 5) is 27.9. The molecule has 0 saturated heterocycles. The van der Waals surface area contributed by atoms with Gasteiger partial charge in [-0.2, -0.15) is 0 Å². The van der Waals surface area contributed by atoms with Crippen LogP contribution in [0.25, 0.3) is 11.3 Å². The van der Waals surface area contributed by atoms with Crippen molar-refractivity contribution < 1.29 is 14.7 Å². The number of benzene rings is 1. The summed E-state index contributed by atoms with van der Waals surface area (Å²) in [6, 6.07) is 7.29. The molecule has 2 aromatic rings. The third-order valence-corrected chi connectivity index (χ3v) is 4.99. The van der Waals surface area contributed by atoms with Gasteiger partial charge in [0.1, 0.15) is 0 Å². The molecule has 0 atom stereocenters. The van der Waals surface area contributed by atoms with Gasteiger partial charge in [0.25, 0.3) is 5.91 Å². The minimum absolute atomic E-state index is 0.0241. The molecule has 0 spiro atoms. The van der Waals surface area contributed by atoms with Gasteiger partial charge in [-0.15, -0.1) is 11.3 Å². The van der Waals surface area contributed by atoms with Crippen LogP contribution in [0.4, 0.5) is 0 Å². The minimum atomic E-state index is -0.878. The van der Waals surface area contributed by atoms with Crippen LogP contribution in [0.15, 0.2) is 29.6 Å². The maximum atomic E-state index is 12.5. The van der Waals surface area contributed by atoms with Crippen LogP contribution in [0.1, 0.15) is 41.0 Å². The first-order chi connectivity index (χ1) is 11.0. The Bertz CT molecular complexity index is 750. The zero-order valence-electron chi connectivity index (χ0n) is 12.8. The van der Waals surface area contributed by atoms with E-state index in [2.05, 4.69) is 10.3 Å². The Kier molecular flexibility index (Phi) is 4.17. The summed E-state index contributed by atoms with van der Waals surface area (Å²) < 4.78 is 0. The molecular weight excluding hydrogens is 312 g/mol. The third kappa shape index (κ3) is 3.42. The predicted molar refractivity (Wildman–Crippen MR) is 88.6 cm³/mol. The Hall–Kier alpha value is -2.21. The number of carboxylic acid groups (broad SMARTS) is 1. The highest BCUT2D eigenvalue weighted by Crippen LogP contribution is 2.35. The van der Waals surface area contributed by atoms with Crippen molar-refractivity contribution in [3.63, 3.8) is 0 Å². The van der Waals surface area contributed by atoms with E-state index in [0.717, 1.165) is 35.5 Å². The molecule has 1 aliphatic carbocycles. The fraction of sp³-hybridized carbons (Fsp3) is 0.353. The van der Waals surface area contributed by atoms with E-state index < -0.39 is 11.5 Å². The number of aryl methyl sites for hydroxylation is 1. The van der Waals surface area contributed by atoms with Gasteiger partial charge in [0.15, 0.2) is 0 Å². The third-order valence-electron chi connectivity index (χ3n) is 4.22. The molecule has 0 radical (unpaired) electrons. The van der Waals surface area contributed by atoms with Crippen molar-refractivity contribution in [2.45, 2.75) is 38.1 Å². The minimum Gasteiger partial charge on any atom is -0.481 e. The van der Waals surface area contributed by atoms with Crippen LogP contribution in [0, 0.1) is 6.92 Å². The summed E-state index contributed by atoms with van der Waals surface area (Å²) in [5, 5.41) is 14.9. The first-order valence-corrected chi connectivity index (χ1v) is 8.42. The Morgan fingerprint density at radius 3 is 2.74 bits per heavy atom. The lowest BCUT2D eigenvalue weighted by Crippen LogP contribution is -2.54. The Morgan fingerprint density at radius 1 is 1.39 bits per heavy atom. The first-order valence-electron chi connectivity index (χ1n) is 7.54. The van der Waals surface area contributed by atoms with Crippen LogP contribution in [-0.4, -0.2) is 27.5 Å². The number of nitrogens with zero attached hydrogens (tertiary/aromatic N) is 1. The molecule has 120 valence electrons. The van der Waals surface area contributed by atoms with E-state index in [4.69, 9.17) is 5.11 Å². The van der Waals surface area contributed by atoms with Gasteiger partial charge in [-0.05, 0) is 38.3 Å². The average Bonchev–Trinajstić information content (AvgIpc) is 2.91. The zero-order valence-corrected chi connectivity index (χ0v) is 13.7. The molecule has 1 aromatic carbocycles. The van der Waals surface area contributed by atoms with Gasteiger partial charge in [0.05, 0.1) is 22.7 Å². The molecule has 1 aliphatic rings. The van der Waals surface area contributed by atoms with Crippen LogP contribution in [-0.2, 0) is 4.79 Å². The van der Waals surface area contributed by atoms with Crippen LogP contribution in [0.5, 0.6) is 0 Å². The SMILES string of the molecule is Cc1nc(-c2cccc(C(=O)NC3(CC(=O)O)CCC3)c2)cs1. The second-order valence-corrected chi connectivity index (χ2v) is 7.05. The largest absolute Gasteiger partial charge is 0.481 e. The van der Waals surface area contributed by atoms with E-state index in [0.29, 0.717) is 5.56 Å². The molecule has 1 aromatic heterocycles. The molecule has 1 heterocycles. The van der Waals surface area contributed by atoms with Crippen molar-refractivity contribution in [2.75, 3.05) is 0 Å². The quantitative estimate of drug-likeness (QED) is 0.882. The van der Waals surface area contributed by atoms with Crippen molar-refractivity contribution in [1.82, 2.24) is 10.3 Å². The van der Waals surface area contributed by atoms with Gasteiger partial charge in [-0.3, -0.25) is 9.59 Å². The second-order valence-electron chi connectivity index (χ2n) is 5.99. The van der Waals surface area contributed by atoms with Crippen molar-refractivity contribution in [3.8, 4) is 11.3 Å². The molecule has 1 saturated carbocycles. The summed E-state index contributed by atoms with van der Waals surface area (Å²) in [6.45, 7) is 1.94. The molecule has 0 bridgehead atoms. The van der Waals surface area contributed by atoms with Crippen LogP contribution >= 0.6 is 11.3 Å². The molecule has 1 fully saturated rings. The fourth-order valence-corrected chi connectivity index (χ4v) is 3.49. The fourth-order valence-electron chi connectivity index (χ4n) is 2.87. The van der Waals surface area contributed by atoms with Crippen molar-refractivity contribution >= 4 is 23.2 Å². The zero-order chi connectivity index (χ0) is 16.4. The number of hydrogen-bond acceptors (Lipinski definition) is 4. The summed E-state index contributed by atoms with van der Waals surface area (Å²) in [7, 11) is 0. The number of hydrogen-bond donors (Lipinski definition) is 2. The Balaban J connectivity index is 1.79. The van der Waals surface area contributed by atoms with E-state index in [-0.39, 0.29) is 12.3 Å². The van der Waals surface area contributed by atoms with Crippen molar-refractivity contribution in [3.05, 3.63) is 40.2 Å². The maximum Gasteiger partial charge on any atom is 0.305 e. The summed E-state index contributed by atoms with van der Waals surface area (Å²) in [6.07, 6.45) is 2.36. The van der Waals surface area contributed by atoms with Gasteiger partial charge in [-0.1, -0.05) is 12.1 Å². The second kappa shape index (κ2) is 6.12. The highest BCUT2D eigenvalue weighted by atomic mass is 32.1. The lowest BCUT2D eigenvalue weighted by molar-refractivity contribution is -0.139. The molecule has 23 heavy (non-hydrogen) atoms. The maximum absolute atomic E-state index is 12.5.